The first-order chi connectivity index (χ1) is 7.29. The van der Waals surface area contributed by atoms with Crippen LogP contribution in [0, 0.1) is 18.8 Å². The maximum Gasteiger partial charge on any atom is 0.0257 e. The highest BCUT2D eigenvalue weighted by atomic mass is 35.5. The van der Waals surface area contributed by atoms with Crippen molar-refractivity contribution in [3.63, 3.8) is 0 Å². The molecule has 0 aliphatic heterocycles. The molecular formula is C14H19Cl. The van der Waals surface area contributed by atoms with Gasteiger partial charge in [-0.2, -0.15) is 0 Å². The zero-order valence-electron chi connectivity index (χ0n) is 9.38. The first-order valence-electron chi connectivity index (χ1n) is 5.91. The minimum absolute atomic E-state index is 0.696. The molecule has 0 spiro atoms. The van der Waals surface area contributed by atoms with Crippen LogP contribution in [0.5, 0.6) is 0 Å². The SMILES string of the molecule is Cc1cccc(CC(CCl)C2CCC2)c1. The van der Waals surface area contributed by atoms with Crippen LogP contribution in [0.1, 0.15) is 30.4 Å². The molecule has 2 rings (SSSR count). The van der Waals surface area contributed by atoms with Crippen LogP contribution in [-0.2, 0) is 6.42 Å². The van der Waals surface area contributed by atoms with Crippen LogP contribution < -0.4 is 0 Å². The van der Waals surface area contributed by atoms with Gasteiger partial charge in [-0.3, -0.25) is 0 Å². The molecule has 0 bridgehead atoms. The number of hydrogen-bond acceptors (Lipinski definition) is 0. The lowest BCUT2D eigenvalue weighted by Crippen LogP contribution is -2.25. The maximum absolute atomic E-state index is 6.06. The highest BCUT2D eigenvalue weighted by Gasteiger charge is 2.26. The smallest absolute Gasteiger partial charge is 0.0257 e. The third-order valence-corrected chi connectivity index (χ3v) is 3.99. The van der Waals surface area contributed by atoms with Gasteiger partial charge in [0.1, 0.15) is 0 Å². The van der Waals surface area contributed by atoms with Gasteiger partial charge in [0.25, 0.3) is 0 Å². The summed E-state index contributed by atoms with van der Waals surface area (Å²) in [5.74, 6) is 2.41. The van der Waals surface area contributed by atoms with E-state index in [1.165, 1.54) is 30.4 Å². The van der Waals surface area contributed by atoms with Gasteiger partial charge in [0.2, 0.25) is 0 Å². The van der Waals surface area contributed by atoms with Crippen LogP contribution in [0.25, 0.3) is 0 Å². The Morgan fingerprint density at radius 1 is 1.40 bits per heavy atom. The molecule has 0 nitrogen and oxygen atoms in total. The molecule has 1 saturated carbocycles. The third kappa shape index (κ3) is 2.75. The average molecular weight is 223 g/mol. The van der Waals surface area contributed by atoms with E-state index in [-0.39, 0.29) is 0 Å². The molecule has 0 radical (unpaired) electrons. The Morgan fingerprint density at radius 3 is 2.73 bits per heavy atom. The standard InChI is InChI=1S/C14H19Cl/c1-11-4-2-5-12(8-11)9-14(10-15)13-6-3-7-13/h2,4-5,8,13-14H,3,6-7,9-10H2,1H3. The van der Waals surface area contributed by atoms with E-state index in [2.05, 4.69) is 31.2 Å². The minimum atomic E-state index is 0.696. The Kier molecular flexibility index (Phi) is 3.69. The van der Waals surface area contributed by atoms with Gasteiger partial charge in [0.15, 0.2) is 0 Å². The van der Waals surface area contributed by atoms with Crippen LogP contribution in [-0.4, -0.2) is 5.88 Å². The minimum Gasteiger partial charge on any atom is -0.126 e. The fraction of sp³-hybridized carbons (Fsp3) is 0.571. The predicted molar refractivity (Wildman–Crippen MR) is 66.4 cm³/mol. The second kappa shape index (κ2) is 5.03. The largest absolute Gasteiger partial charge is 0.126 e. The summed E-state index contributed by atoms with van der Waals surface area (Å²) < 4.78 is 0. The molecule has 0 heterocycles. The zero-order chi connectivity index (χ0) is 10.7. The van der Waals surface area contributed by atoms with E-state index < -0.39 is 0 Å². The van der Waals surface area contributed by atoms with E-state index in [1.807, 2.05) is 0 Å². The monoisotopic (exact) mass is 222 g/mol. The first-order valence-corrected chi connectivity index (χ1v) is 6.44. The summed E-state index contributed by atoms with van der Waals surface area (Å²) >= 11 is 6.06. The molecule has 0 N–H and O–H groups in total. The molecule has 1 aromatic carbocycles. The van der Waals surface area contributed by atoms with E-state index in [1.54, 1.807) is 0 Å². The normalized spacial score (nSPS) is 18.5. The van der Waals surface area contributed by atoms with Crippen molar-refractivity contribution >= 4 is 11.6 Å². The maximum atomic E-state index is 6.06. The van der Waals surface area contributed by atoms with Crippen molar-refractivity contribution < 1.29 is 0 Å². The van der Waals surface area contributed by atoms with Crippen molar-refractivity contribution in [1.82, 2.24) is 0 Å². The second-order valence-electron chi connectivity index (χ2n) is 4.80. The zero-order valence-corrected chi connectivity index (χ0v) is 10.1. The molecule has 1 heteroatoms. The van der Waals surface area contributed by atoms with Gasteiger partial charge in [-0.05, 0) is 30.7 Å². The van der Waals surface area contributed by atoms with E-state index in [4.69, 9.17) is 11.6 Å². The van der Waals surface area contributed by atoms with Crippen LogP contribution in [0.3, 0.4) is 0 Å². The van der Waals surface area contributed by atoms with Gasteiger partial charge in [-0.25, -0.2) is 0 Å². The lowest BCUT2D eigenvalue weighted by atomic mass is 9.74. The Balaban J connectivity index is 1.99. The number of benzene rings is 1. The topological polar surface area (TPSA) is 0 Å². The molecule has 15 heavy (non-hydrogen) atoms. The van der Waals surface area contributed by atoms with Crippen LogP contribution in [0.15, 0.2) is 24.3 Å². The summed E-state index contributed by atoms with van der Waals surface area (Å²) in [5, 5.41) is 0. The van der Waals surface area contributed by atoms with Gasteiger partial charge in [-0.1, -0.05) is 49.1 Å². The van der Waals surface area contributed by atoms with Gasteiger partial charge in [0.05, 0.1) is 0 Å². The van der Waals surface area contributed by atoms with Crippen molar-refractivity contribution in [3.8, 4) is 0 Å². The molecule has 0 amide bonds. The summed E-state index contributed by atoms with van der Waals surface area (Å²) in [6, 6.07) is 8.82. The molecule has 0 aromatic heterocycles. The fourth-order valence-electron chi connectivity index (χ4n) is 2.40. The van der Waals surface area contributed by atoms with Gasteiger partial charge in [-0.15, -0.1) is 11.6 Å². The first kappa shape index (κ1) is 11.0. The van der Waals surface area contributed by atoms with Crippen molar-refractivity contribution in [2.24, 2.45) is 11.8 Å². The van der Waals surface area contributed by atoms with E-state index in [0.717, 1.165) is 18.2 Å². The lowest BCUT2D eigenvalue weighted by molar-refractivity contribution is 0.222. The quantitative estimate of drug-likeness (QED) is 0.671. The predicted octanol–water partition coefficient (Wildman–Crippen LogP) is 4.19. The van der Waals surface area contributed by atoms with Crippen LogP contribution in [0.2, 0.25) is 0 Å². The Bertz CT molecular complexity index is 315. The highest BCUT2D eigenvalue weighted by Crippen LogP contribution is 2.35. The van der Waals surface area contributed by atoms with E-state index in [9.17, 15) is 0 Å². The summed E-state index contributed by atoms with van der Waals surface area (Å²) in [6.07, 6.45) is 5.36. The molecule has 0 saturated heterocycles. The molecule has 1 aromatic rings. The number of hydrogen-bond donors (Lipinski definition) is 0. The number of alkyl halides is 1. The Labute approximate surface area is 97.6 Å². The summed E-state index contributed by atoms with van der Waals surface area (Å²) in [5.41, 5.74) is 2.81. The molecule has 1 fully saturated rings. The average Bonchev–Trinajstić information content (AvgIpc) is 2.14. The molecule has 1 atom stereocenters. The van der Waals surface area contributed by atoms with Crippen LogP contribution >= 0.6 is 11.6 Å². The molecular weight excluding hydrogens is 204 g/mol. The van der Waals surface area contributed by atoms with Crippen molar-refractivity contribution in [1.29, 1.82) is 0 Å². The number of rotatable bonds is 4. The van der Waals surface area contributed by atoms with E-state index in [0.29, 0.717) is 5.92 Å². The van der Waals surface area contributed by atoms with E-state index >= 15 is 0 Å². The third-order valence-electron chi connectivity index (χ3n) is 3.60. The van der Waals surface area contributed by atoms with Crippen molar-refractivity contribution in [2.75, 3.05) is 5.88 Å². The van der Waals surface area contributed by atoms with Gasteiger partial charge in [0, 0.05) is 5.88 Å². The molecule has 1 unspecified atom stereocenters. The molecule has 82 valence electrons. The number of halogens is 1. The lowest BCUT2D eigenvalue weighted by Gasteiger charge is -2.32. The Morgan fingerprint density at radius 2 is 2.20 bits per heavy atom. The summed E-state index contributed by atoms with van der Waals surface area (Å²) in [4.78, 5) is 0. The molecule has 1 aliphatic rings. The highest BCUT2D eigenvalue weighted by molar-refractivity contribution is 6.18. The van der Waals surface area contributed by atoms with Gasteiger partial charge >= 0.3 is 0 Å². The summed E-state index contributed by atoms with van der Waals surface area (Å²) in [7, 11) is 0. The molecule has 1 aliphatic carbocycles. The fourth-order valence-corrected chi connectivity index (χ4v) is 2.76. The summed E-state index contributed by atoms with van der Waals surface area (Å²) in [6.45, 7) is 2.16. The van der Waals surface area contributed by atoms with Crippen molar-refractivity contribution in [3.05, 3.63) is 35.4 Å². The van der Waals surface area contributed by atoms with Gasteiger partial charge < -0.3 is 0 Å². The van der Waals surface area contributed by atoms with Crippen molar-refractivity contribution in [2.45, 2.75) is 32.6 Å². The second-order valence-corrected chi connectivity index (χ2v) is 5.11. The number of aryl methyl sites for hydroxylation is 1. The van der Waals surface area contributed by atoms with Crippen LogP contribution in [0.4, 0.5) is 0 Å². The Hall–Kier alpha value is -0.490.